The number of ether oxygens (including phenoxy) is 1. The molecule has 0 aliphatic carbocycles. The molecule has 0 saturated carbocycles. The Morgan fingerprint density at radius 1 is 0.958 bits per heavy atom. The quantitative estimate of drug-likeness (QED) is 0.834. The van der Waals surface area contributed by atoms with Gasteiger partial charge in [-0.25, -0.2) is 0 Å². The zero-order valence-electron chi connectivity index (χ0n) is 14.6. The summed E-state index contributed by atoms with van der Waals surface area (Å²) in [6.07, 6.45) is 3.58. The van der Waals surface area contributed by atoms with E-state index in [2.05, 4.69) is 64.8 Å². The van der Waals surface area contributed by atoms with Crippen molar-refractivity contribution in [1.29, 1.82) is 0 Å². The molecule has 2 aromatic carbocycles. The lowest BCUT2D eigenvalue weighted by molar-refractivity contribution is 0.185. The second-order valence-electron chi connectivity index (χ2n) is 6.63. The average molecular weight is 324 g/mol. The van der Waals surface area contributed by atoms with E-state index in [1.807, 2.05) is 0 Å². The third kappa shape index (κ3) is 5.08. The minimum atomic E-state index is 0.608. The summed E-state index contributed by atoms with van der Waals surface area (Å²) < 4.78 is 5.16. The Bertz CT molecular complexity index is 589. The van der Waals surface area contributed by atoms with E-state index in [1.165, 1.54) is 42.7 Å². The molecule has 0 unspecified atom stereocenters. The van der Waals surface area contributed by atoms with Crippen LogP contribution in [-0.2, 0) is 17.8 Å². The Labute approximate surface area is 145 Å². The van der Waals surface area contributed by atoms with E-state index in [9.17, 15) is 0 Å². The number of nitrogens with zero attached hydrogens (tertiary/aromatic N) is 1. The fourth-order valence-corrected chi connectivity index (χ4v) is 3.33. The maximum absolute atomic E-state index is 5.16. The first kappa shape index (κ1) is 17.0. The largest absolute Gasteiger partial charge is 0.382 e. The summed E-state index contributed by atoms with van der Waals surface area (Å²) in [5.74, 6) is 0. The van der Waals surface area contributed by atoms with Crippen LogP contribution in [0.2, 0.25) is 0 Å². The van der Waals surface area contributed by atoms with Crippen LogP contribution in [0, 0.1) is 0 Å². The average Bonchev–Trinajstić information content (AvgIpc) is 2.63. The van der Waals surface area contributed by atoms with Crippen LogP contribution in [0.25, 0.3) is 0 Å². The van der Waals surface area contributed by atoms with Crippen molar-refractivity contribution in [2.24, 2.45) is 0 Å². The summed E-state index contributed by atoms with van der Waals surface area (Å²) in [4.78, 5) is 2.59. The van der Waals surface area contributed by atoms with Crippen LogP contribution < -0.4 is 5.32 Å². The van der Waals surface area contributed by atoms with Crippen molar-refractivity contribution < 1.29 is 4.74 Å². The summed E-state index contributed by atoms with van der Waals surface area (Å²) in [7, 11) is 1.74. The molecule has 3 rings (SSSR count). The molecule has 1 aliphatic rings. The van der Waals surface area contributed by atoms with Crippen LogP contribution in [0.1, 0.15) is 24.0 Å². The van der Waals surface area contributed by atoms with Crippen LogP contribution in [0.3, 0.4) is 0 Å². The van der Waals surface area contributed by atoms with Crippen LogP contribution in [0.5, 0.6) is 0 Å². The van der Waals surface area contributed by atoms with Crippen LogP contribution in [0.15, 0.2) is 54.6 Å². The number of nitrogens with one attached hydrogen (secondary N) is 1. The topological polar surface area (TPSA) is 24.5 Å². The molecule has 128 valence electrons. The number of para-hydroxylation sites is 1. The summed E-state index contributed by atoms with van der Waals surface area (Å²) in [6.45, 7) is 4.22. The SMILES string of the molecule is COCc1ccc(CCN2CCC(Nc3ccccc3)CC2)cc1. The lowest BCUT2D eigenvalue weighted by Gasteiger charge is -2.32. The van der Waals surface area contributed by atoms with Gasteiger partial charge in [0.25, 0.3) is 0 Å². The Balaban J connectivity index is 1.39. The van der Waals surface area contributed by atoms with Crippen molar-refractivity contribution in [3.63, 3.8) is 0 Å². The van der Waals surface area contributed by atoms with E-state index in [0.717, 1.165) is 13.0 Å². The maximum atomic E-state index is 5.16. The molecule has 0 bridgehead atoms. The first-order valence-corrected chi connectivity index (χ1v) is 8.94. The van der Waals surface area contributed by atoms with Gasteiger partial charge in [0.05, 0.1) is 6.61 Å². The molecule has 24 heavy (non-hydrogen) atoms. The molecule has 3 nitrogen and oxygen atoms in total. The summed E-state index contributed by atoms with van der Waals surface area (Å²) >= 11 is 0. The molecule has 1 saturated heterocycles. The van der Waals surface area contributed by atoms with Gasteiger partial charge in [-0.05, 0) is 42.5 Å². The van der Waals surface area contributed by atoms with E-state index in [4.69, 9.17) is 4.74 Å². The van der Waals surface area contributed by atoms with Gasteiger partial charge in [-0.3, -0.25) is 0 Å². The zero-order chi connectivity index (χ0) is 16.6. The molecular formula is C21H28N2O. The third-order valence-electron chi connectivity index (χ3n) is 4.78. The van der Waals surface area contributed by atoms with Gasteiger partial charge in [0.2, 0.25) is 0 Å². The van der Waals surface area contributed by atoms with Gasteiger partial charge >= 0.3 is 0 Å². The van der Waals surface area contributed by atoms with Crippen molar-refractivity contribution >= 4 is 5.69 Å². The van der Waals surface area contributed by atoms with Crippen molar-refractivity contribution in [2.75, 3.05) is 32.1 Å². The van der Waals surface area contributed by atoms with Crippen molar-refractivity contribution in [2.45, 2.75) is 31.9 Å². The summed E-state index contributed by atoms with van der Waals surface area (Å²) in [5, 5.41) is 3.65. The highest BCUT2D eigenvalue weighted by Gasteiger charge is 2.18. The van der Waals surface area contributed by atoms with Gasteiger partial charge in [-0.2, -0.15) is 0 Å². The van der Waals surface area contributed by atoms with Crippen LogP contribution >= 0.6 is 0 Å². The Morgan fingerprint density at radius 3 is 2.29 bits per heavy atom. The number of rotatable bonds is 7. The van der Waals surface area contributed by atoms with E-state index in [1.54, 1.807) is 7.11 Å². The number of hydrogen-bond donors (Lipinski definition) is 1. The number of piperidine rings is 1. The Hall–Kier alpha value is -1.84. The predicted molar refractivity (Wildman–Crippen MR) is 100 cm³/mol. The van der Waals surface area contributed by atoms with Crippen LogP contribution in [-0.4, -0.2) is 37.7 Å². The van der Waals surface area contributed by atoms with E-state index < -0.39 is 0 Å². The normalized spacial score (nSPS) is 16.2. The second kappa shape index (κ2) is 8.86. The highest BCUT2D eigenvalue weighted by Crippen LogP contribution is 2.17. The third-order valence-corrected chi connectivity index (χ3v) is 4.78. The second-order valence-corrected chi connectivity index (χ2v) is 6.63. The lowest BCUT2D eigenvalue weighted by atomic mass is 10.0. The molecule has 1 fully saturated rings. The van der Waals surface area contributed by atoms with Gasteiger partial charge in [-0.1, -0.05) is 42.5 Å². The van der Waals surface area contributed by atoms with Gasteiger partial charge in [0.1, 0.15) is 0 Å². The number of likely N-dealkylation sites (tertiary alicyclic amines) is 1. The fraction of sp³-hybridized carbons (Fsp3) is 0.429. The van der Waals surface area contributed by atoms with E-state index in [-0.39, 0.29) is 0 Å². The summed E-state index contributed by atoms with van der Waals surface area (Å²) in [5.41, 5.74) is 3.90. The fourth-order valence-electron chi connectivity index (χ4n) is 3.33. The molecule has 0 aromatic heterocycles. The lowest BCUT2D eigenvalue weighted by Crippen LogP contribution is -2.40. The van der Waals surface area contributed by atoms with Gasteiger partial charge in [0.15, 0.2) is 0 Å². The van der Waals surface area contributed by atoms with Crippen molar-refractivity contribution in [1.82, 2.24) is 4.90 Å². The number of hydrogen-bond acceptors (Lipinski definition) is 3. The van der Waals surface area contributed by atoms with Crippen LogP contribution in [0.4, 0.5) is 5.69 Å². The maximum Gasteiger partial charge on any atom is 0.0713 e. The minimum absolute atomic E-state index is 0.608. The highest BCUT2D eigenvalue weighted by atomic mass is 16.5. The van der Waals surface area contributed by atoms with Gasteiger partial charge < -0.3 is 15.0 Å². The number of anilines is 1. The molecule has 1 aliphatic heterocycles. The number of benzene rings is 2. The molecule has 3 heteroatoms. The molecule has 1 N–H and O–H groups in total. The molecule has 1 heterocycles. The summed E-state index contributed by atoms with van der Waals surface area (Å²) in [6, 6.07) is 20.0. The smallest absolute Gasteiger partial charge is 0.0713 e. The zero-order valence-corrected chi connectivity index (χ0v) is 14.6. The molecule has 0 amide bonds. The first-order chi connectivity index (χ1) is 11.8. The monoisotopic (exact) mass is 324 g/mol. The molecular weight excluding hydrogens is 296 g/mol. The van der Waals surface area contributed by atoms with Crippen molar-refractivity contribution in [3.8, 4) is 0 Å². The van der Waals surface area contributed by atoms with E-state index >= 15 is 0 Å². The molecule has 2 aromatic rings. The molecule has 0 spiro atoms. The predicted octanol–water partition coefficient (Wildman–Crippen LogP) is 3.95. The number of methoxy groups -OCH3 is 1. The van der Waals surface area contributed by atoms with Gasteiger partial charge in [-0.15, -0.1) is 0 Å². The Kier molecular flexibility index (Phi) is 6.27. The Morgan fingerprint density at radius 2 is 1.62 bits per heavy atom. The standard InChI is InChI=1S/C21H28N2O/c1-24-17-19-9-7-18(8-10-19)11-14-23-15-12-21(13-16-23)22-20-5-3-2-4-6-20/h2-10,21-22H,11-17H2,1H3. The molecule has 0 atom stereocenters. The minimum Gasteiger partial charge on any atom is -0.382 e. The van der Waals surface area contributed by atoms with Crippen molar-refractivity contribution in [3.05, 3.63) is 65.7 Å². The molecule has 0 radical (unpaired) electrons. The first-order valence-electron chi connectivity index (χ1n) is 8.94. The highest BCUT2D eigenvalue weighted by molar-refractivity contribution is 5.43. The van der Waals surface area contributed by atoms with Gasteiger partial charge in [0, 0.05) is 38.5 Å². The van der Waals surface area contributed by atoms with E-state index in [0.29, 0.717) is 12.6 Å².